The Bertz CT molecular complexity index is 781. The lowest BCUT2D eigenvalue weighted by Gasteiger charge is -2.29. The summed E-state index contributed by atoms with van der Waals surface area (Å²) in [6.45, 7) is 1.06. The average Bonchev–Trinajstić information content (AvgIpc) is 2.88. The van der Waals surface area contributed by atoms with Crippen LogP contribution in [-0.4, -0.2) is 25.5 Å². The summed E-state index contributed by atoms with van der Waals surface area (Å²) in [6, 6.07) is 11.6. The van der Waals surface area contributed by atoms with Crippen molar-refractivity contribution >= 4 is 28.8 Å². The Labute approximate surface area is 150 Å². The number of rotatable bonds is 3. The number of benzene rings is 2. The molecule has 2 aromatic rings. The molecule has 0 spiro atoms. The topological polar surface area (TPSA) is 3.24 Å². The quantitative estimate of drug-likeness (QED) is 0.706. The molecular formula is C21H25ClFN. The summed E-state index contributed by atoms with van der Waals surface area (Å²) < 4.78 is 13.4. The van der Waals surface area contributed by atoms with E-state index < -0.39 is 0 Å². The van der Waals surface area contributed by atoms with E-state index in [9.17, 15) is 4.39 Å². The lowest BCUT2D eigenvalue weighted by molar-refractivity contribution is 0.413. The first kappa shape index (κ1) is 17.4. The maximum absolute atomic E-state index is 13.4. The molecule has 0 amide bonds. The van der Waals surface area contributed by atoms with Crippen LogP contribution in [0.15, 0.2) is 42.0 Å². The smallest absolute Gasteiger partial charge is 0.123 e. The molecule has 0 unspecified atom stereocenters. The molecule has 128 valence electrons. The van der Waals surface area contributed by atoms with Crippen LogP contribution in [0.2, 0.25) is 0 Å². The first-order valence-electron chi connectivity index (χ1n) is 8.66. The van der Waals surface area contributed by atoms with E-state index in [1.54, 1.807) is 23.3 Å². The number of nitrogens with zero attached hydrogens (tertiary/aromatic N) is 1. The van der Waals surface area contributed by atoms with Gasteiger partial charge in [0.25, 0.3) is 0 Å². The van der Waals surface area contributed by atoms with Crippen molar-refractivity contribution in [1.29, 1.82) is 0 Å². The van der Waals surface area contributed by atoms with Crippen molar-refractivity contribution in [3.05, 3.63) is 53.4 Å². The van der Waals surface area contributed by atoms with Crippen LogP contribution >= 0.6 is 12.4 Å². The van der Waals surface area contributed by atoms with Gasteiger partial charge in [0.05, 0.1) is 0 Å². The van der Waals surface area contributed by atoms with Crippen molar-refractivity contribution in [3.63, 3.8) is 0 Å². The Balaban J connectivity index is 0.00000169. The van der Waals surface area contributed by atoms with Gasteiger partial charge in [-0.25, -0.2) is 4.39 Å². The molecular weight excluding hydrogens is 321 g/mol. The number of halogens is 2. The summed E-state index contributed by atoms with van der Waals surface area (Å²) in [5, 5.41) is 2.13. The third-order valence-electron chi connectivity index (χ3n) is 5.49. The predicted octanol–water partition coefficient (Wildman–Crippen LogP) is 5.54. The van der Waals surface area contributed by atoms with Crippen LogP contribution in [0.1, 0.15) is 31.2 Å². The van der Waals surface area contributed by atoms with Crippen molar-refractivity contribution in [2.75, 3.05) is 20.6 Å². The predicted molar refractivity (Wildman–Crippen MR) is 102 cm³/mol. The fourth-order valence-electron chi connectivity index (χ4n) is 4.63. The maximum atomic E-state index is 13.4. The lowest BCUT2D eigenvalue weighted by Crippen LogP contribution is -2.21. The van der Waals surface area contributed by atoms with Crippen molar-refractivity contribution in [3.8, 4) is 0 Å². The second-order valence-corrected chi connectivity index (χ2v) is 7.54. The molecule has 0 heterocycles. The van der Waals surface area contributed by atoms with Crippen molar-refractivity contribution < 1.29 is 4.39 Å². The number of allylic oxidation sites excluding steroid dienone is 1. The van der Waals surface area contributed by atoms with Gasteiger partial charge in [0.2, 0.25) is 0 Å². The Hall–Kier alpha value is -1.38. The molecule has 2 aromatic carbocycles. The van der Waals surface area contributed by atoms with E-state index in [0.717, 1.165) is 29.2 Å². The normalized spacial score (nSPS) is 23.0. The minimum atomic E-state index is -0.158. The number of hydrogen-bond acceptors (Lipinski definition) is 1. The van der Waals surface area contributed by atoms with Gasteiger partial charge in [0.1, 0.15) is 5.82 Å². The largest absolute Gasteiger partial charge is 0.305 e. The van der Waals surface area contributed by atoms with E-state index in [2.05, 4.69) is 37.2 Å². The average molecular weight is 346 g/mol. The molecule has 24 heavy (non-hydrogen) atoms. The van der Waals surface area contributed by atoms with Gasteiger partial charge in [0.15, 0.2) is 0 Å². The van der Waals surface area contributed by atoms with E-state index in [0.29, 0.717) is 0 Å². The highest BCUT2D eigenvalue weighted by atomic mass is 35.5. The third-order valence-corrected chi connectivity index (χ3v) is 5.49. The molecule has 1 nitrogen and oxygen atoms in total. The van der Waals surface area contributed by atoms with E-state index in [1.807, 2.05) is 6.07 Å². The van der Waals surface area contributed by atoms with Gasteiger partial charge >= 0.3 is 0 Å². The molecule has 3 heteroatoms. The fraction of sp³-hybridized carbons (Fsp3) is 0.429. The van der Waals surface area contributed by atoms with Crippen LogP contribution in [-0.2, 0) is 0 Å². The molecule has 2 atom stereocenters. The zero-order valence-corrected chi connectivity index (χ0v) is 15.2. The summed E-state index contributed by atoms with van der Waals surface area (Å²) in [5.41, 5.74) is 4.56. The van der Waals surface area contributed by atoms with E-state index in [1.165, 1.54) is 31.2 Å². The maximum Gasteiger partial charge on any atom is 0.123 e. The van der Waals surface area contributed by atoms with Gasteiger partial charge in [-0.2, -0.15) is 0 Å². The molecule has 4 rings (SSSR count). The van der Waals surface area contributed by atoms with Gasteiger partial charge < -0.3 is 4.90 Å². The summed E-state index contributed by atoms with van der Waals surface area (Å²) >= 11 is 0. The molecule has 0 saturated heterocycles. The van der Waals surface area contributed by atoms with Gasteiger partial charge in [-0.15, -0.1) is 12.4 Å². The Morgan fingerprint density at radius 1 is 1.04 bits per heavy atom. The molecule has 0 N–H and O–H groups in total. The molecule has 0 radical (unpaired) electrons. The second kappa shape index (κ2) is 6.85. The number of fused-ring (bicyclic) bond motifs is 3. The third kappa shape index (κ3) is 3.22. The molecule has 0 aliphatic heterocycles. The fourth-order valence-corrected chi connectivity index (χ4v) is 4.63. The molecule has 1 fully saturated rings. The summed E-state index contributed by atoms with van der Waals surface area (Å²) in [5.74, 6) is 1.46. The summed E-state index contributed by atoms with van der Waals surface area (Å²) in [7, 11) is 4.31. The highest BCUT2D eigenvalue weighted by Gasteiger charge is 2.35. The lowest BCUT2D eigenvalue weighted by atomic mass is 9.79. The summed E-state index contributed by atoms with van der Waals surface area (Å²) in [6.07, 6.45) is 5.32. The zero-order chi connectivity index (χ0) is 16.0. The van der Waals surface area contributed by atoms with Gasteiger partial charge in [-0.05, 0) is 91.7 Å². The highest BCUT2D eigenvalue weighted by Crippen LogP contribution is 2.49. The highest BCUT2D eigenvalue weighted by molar-refractivity contribution is 5.87. The van der Waals surface area contributed by atoms with Crippen LogP contribution in [0, 0.1) is 17.7 Å². The Kier molecular flexibility index (Phi) is 4.98. The minimum absolute atomic E-state index is 0. The standard InChI is InChI=1S/C21H24FN.ClH/c1-23(2)13-19-10-14-3-4-17(9-14)21(19)18-6-5-16-12-20(22)8-7-15(16)11-18;/h5-8,11-12,14,17H,3-4,9-10,13H2,1-2H3;1H/t14-,17+;/m0./s1. The zero-order valence-electron chi connectivity index (χ0n) is 14.4. The molecule has 2 aliphatic rings. The first-order chi connectivity index (χ1) is 11.1. The van der Waals surface area contributed by atoms with Crippen LogP contribution in [0.4, 0.5) is 4.39 Å². The molecule has 2 bridgehead atoms. The monoisotopic (exact) mass is 345 g/mol. The van der Waals surface area contributed by atoms with Crippen LogP contribution in [0.25, 0.3) is 16.3 Å². The molecule has 2 aliphatic carbocycles. The van der Waals surface area contributed by atoms with Gasteiger partial charge in [0, 0.05) is 6.54 Å². The number of hydrogen-bond donors (Lipinski definition) is 0. The van der Waals surface area contributed by atoms with E-state index >= 15 is 0 Å². The Morgan fingerprint density at radius 3 is 2.58 bits per heavy atom. The van der Waals surface area contributed by atoms with E-state index in [-0.39, 0.29) is 18.2 Å². The second-order valence-electron chi connectivity index (χ2n) is 7.54. The van der Waals surface area contributed by atoms with Gasteiger partial charge in [-0.1, -0.05) is 23.8 Å². The van der Waals surface area contributed by atoms with Crippen LogP contribution < -0.4 is 0 Å². The molecule has 0 aromatic heterocycles. The van der Waals surface area contributed by atoms with E-state index in [4.69, 9.17) is 0 Å². The van der Waals surface area contributed by atoms with Crippen molar-refractivity contribution in [2.45, 2.75) is 25.7 Å². The number of likely N-dealkylation sites (N-methyl/N-ethyl adjacent to an activating group) is 1. The SMILES string of the molecule is CN(C)CC1=C(c2ccc3cc(F)ccc3c2)[C@@H]2CC[C@H](C1)C2.Cl. The van der Waals surface area contributed by atoms with Crippen molar-refractivity contribution in [1.82, 2.24) is 4.90 Å². The van der Waals surface area contributed by atoms with Crippen molar-refractivity contribution in [2.24, 2.45) is 11.8 Å². The summed E-state index contributed by atoms with van der Waals surface area (Å²) in [4.78, 5) is 2.29. The van der Waals surface area contributed by atoms with Crippen LogP contribution in [0.5, 0.6) is 0 Å². The molecule has 1 saturated carbocycles. The minimum Gasteiger partial charge on any atom is -0.305 e. The first-order valence-corrected chi connectivity index (χ1v) is 8.66. The van der Waals surface area contributed by atoms with Crippen LogP contribution in [0.3, 0.4) is 0 Å². The Morgan fingerprint density at radius 2 is 1.79 bits per heavy atom. The van der Waals surface area contributed by atoms with Gasteiger partial charge in [-0.3, -0.25) is 0 Å².